The molecule has 8 nitrogen and oxygen atoms in total. The van der Waals surface area contributed by atoms with Crippen LogP contribution < -0.4 is 9.62 Å². The van der Waals surface area contributed by atoms with Crippen LogP contribution in [0.25, 0.3) is 0 Å². The van der Waals surface area contributed by atoms with Crippen molar-refractivity contribution in [2.24, 2.45) is 5.92 Å². The number of methoxy groups -OCH3 is 1. The zero-order valence-electron chi connectivity index (χ0n) is 15.3. The van der Waals surface area contributed by atoms with Crippen LogP contribution in [0.5, 0.6) is 0 Å². The van der Waals surface area contributed by atoms with Crippen LogP contribution in [0.2, 0.25) is 0 Å². The van der Waals surface area contributed by atoms with E-state index >= 15 is 0 Å². The highest BCUT2D eigenvalue weighted by Gasteiger charge is 2.40. The molecule has 1 atom stereocenters. The number of nitrogens with zero attached hydrogens (tertiary/aromatic N) is 1. The SMILES string of the molecule is COC(=O)c1ccccc1S(=O)(=O)NC(=O)[C@@H]1CCN(c2ccccc2Br)C1=O. The molecule has 1 saturated heterocycles. The Hall–Kier alpha value is -2.72. The Kier molecular flexibility index (Phi) is 6.04. The minimum Gasteiger partial charge on any atom is -0.465 e. The third-order valence-corrected chi connectivity index (χ3v) is 6.56. The molecule has 29 heavy (non-hydrogen) atoms. The summed E-state index contributed by atoms with van der Waals surface area (Å²) in [4.78, 5) is 38.2. The highest BCUT2D eigenvalue weighted by molar-refractivity contribution is 9.10. The number of anilines is 1. The fourth-order valence-corrected chi connectivity index (χ4v) is 4.79. The van der Waals surface area contributed by atoms with Crippen molar-refractivity contribution in [3.8, 4) is 0 Å². The third-order valence-electron chi connectivity index (χ3n) is 4.48. The van der Waals surface area contributed by atoms with E-state index in [1.54, 1.807) is 24.3 Å². The number of ether oxygens (including phenoxy) is 1. The van der Waals surface area contributed by atoms with Crippen LogP contribution in [0.4, 0.5) is 5.69 Å². The maximum absolute atomic E-state index is 12.7. The zero-order valence-corrected chi connectivity index (χ0v) is 17.7. The van der Waals surface area contributed by atoms with Crippen LogP contribution >= 0.6 is 15.9 Å². The van der Waals surface area contributed by atoms with Gasteiger partial charge in [0.15, 0.2) is 0 Å². The summed E-state index contributed by atoms with van der Waals surface area (Å²) in [6, 6.07) is 12.4. The van der Waals surface area contributed by atoms with Crippen molar-refractivity contribution in [3.05, 3.63) is 58.6 Å². The zero-order chi connectivity index (χ0) is 21.2. The summed E-state index contributed by atoms with van der Waals surface area (Å²) < 4.78 is 32.6. The summed E-state index contributed by atoms with van der Waals surface area (Å²) in [6.45, 7) is 0.276. The number of halogens is 1. The van der Waals surface area contributed by atoms with Crippen LogP contribution in [-0.2, 0) is 24.3 Å². The van der Waals surface area contributed by atoms with Crippen molar-refractivity contribution < 1.29 is 27.5 Å². The topological polar surface area (TPSA) is 110 Å². The molecule has 3 rings (SSSR count). The number of hydrogen-bond donors (Lipinski definition) is 1. The van der Waals surface area contributed by atoms with Gasteiger partial charge in [0.05, 0.1) is 18.4 Å². The number of para-hydroxylation sites is 1. The molecule has 0 radical (unpaired) electrons. The normalized spacial score (nSPS) is 16.6. The number of carbonyl (C=O) groups is 3. The minimum atomic E-state index is -4.38. The van der Waals surface area contributed by atoms with Gasteiger partial charge in [-0.15, -0.1) is 0 Å². The lowest BCUT2D eigenvalue weighted by Crippen LogP contribution is -2.40. The lowest BCUT2D eigenvalue weighted by Gasteiger charge is -2.18. The van der Waals surface area contributed by atoms with Crippen LogP contribution in [0, 0.1) is 5.92 Å². The lowest BCUT2D eigenvalue weighted by molar-refractivity contribution is -0.130. The largest absolute Gasteiger partial charge is 0.465 e. The molecular formula is C19H17BrN2O6S. The molecule has 1 aliphatic rings. The second kappa shape index (κ2) is 8.34. The highest BCUT2D eigenvalue weighted by atomic mass is 79.9. The second-order valence-electron chi connectivity index (χ2n) is 6.24. The molecule has 0 spiro atoms. The van der Waals surface area contributed by atoms with Gasteiger partial charge in [-0.05, 0) is 46.6 Å². The van der Waals surface area contributed by atoms with Gasteiger partial charge in [-0.3, -0.25) is 9.59 Å². The fourth-order valence-electron chi connectivity index (χ4n) is 3.07. The summed E-state index contributed by atoms with van der Waals surface area (Å²) in [5.74, 6) is -3.44. The molecule has 0 bridgehead atoms. The molecule has 0 aromatic heterocycles. The molecule has 1 fully saturated rings. The predicted molar refractivity (Wildman–Crippen MR) is 108 cm³/mol. The van der Waals surface area contributed by atoms with Gasteiger partial charge in [-0.25, -0.2) is 17.9 Å². The first-order valence-electron chi connectivity index (χ1n) is 8.56. The number of amides is 2. The van der Waals surface area contributed by atoms with Crippen molar-refractivity contribution in [1.29, 1.82) is 0 Å². The van der Waals surface area contributed by atoms with E-state index < -0.39 is 38.6 Å². The Balaban J connectivity index is 1.81. The summed E-state index contributed by atoms with van der Waals surface area (Å²) in [5, 5.41) is 0. The van der Waals surface area contributed by atoms with Gasteiger partial charge in [-0.1, -0.05) is 24.3 Å². The smallest absolute Gasteiger partial charge is 0.339 e. The summed E-state index contributed by atoms with van der Waals surface area (Å²) in [7, 11) is -3.25. The molecule has 1 N–H and O–H groups in total. The van der Waals surface area contributed by atoms with Gasteiger partial charge in [0.2, 0.25) is 11.8 Å². The number of hydrogen-bond acceptors (Lipinski definition) is 6. The Bertz CT molecular complexity index is 1090. The number of esters is 1. The first-order chi connectivity index (χ1) is 13.8. The number of carbonyl (C=O) groups excluding carboxylic acids is 3. The Labute approximate surface area is 176 Å². The number of nitrogens with one attached hydrogen (secondary N) is 1. The summed E-state index contributed by atoms with van der Waals surface area (Å²) in [6.07, 6.45) is 0.167. The first kappa shape index (κ1) is 21.0. The molecular weight excluding hydrogens is 464 g/mol. The van der Waals surface area contributed by atoms with E-state index in [1.165, 1.54) is 29.2 Å². The Morgan fingerprint density at radius 3 is 2.48 bits per heavy atom. The van der Waals surface area contributed by atoms with Crippen LogP contribution in [0.3, 0.4) is 0 Å². The molecule has 152 valence electrons. The van der Waals surface area contributed by atoms with E-state index in [9.17, 15) is 22.8 Å². The van der Waals surface area contributed by atoms with Crippen LogP contribution in [0.1, 0.15) is 16.8 Å². The molecule has 2 aromatic carbocycles. The average molecular weight is 481 g/mol. The van der Waals surface area contributed by atoms with Crippen LogP contribution in [-0.4, -0.2) is 39.9 Å². The van der Waals surface area contributed by atoms with E-state index in [0.717, 1.165) is 7.11 Å². The van der Waals surface area contributed by atoms with E-state index in [0.29, 0.717) is 10.2 Å². The third kappa shape index (κ3) is 4.18. The highest BCUT2D eigenvalue weighted by Crippen LogP contribution is 2.31. The molecule has 2 aromatic rings. The van der Waals surface area contributed by atoms with Gasteiger partial charge < -0.3 is 9.64 Å². The molecule has 0 saturated carbocycles. The molecule has 2 amide bonds. The van der Waals surface area contributed by atoms with Crippen molar-refractivity contribution in [2.75, 3.05) is 18.6 Å². The van der Waals surface area contributed by atoms with E-state index in [1.807, 2.05) is 4.72 Å². The van der Waals surface area contributed by atoms with Gasteiger partial charge in [-0.2, -0.15) is 0 Å². The van der Waals surface area contributed by atoms with E-state index in [2.05, 4.69) is 20.7 Å². The van der Waals surface area contributed by atoms with Crippen molar-refractivity contribution in [3.63, 3.8) is 0 Å². The molecule has 0 aliphatic carbocycles. The predicted octanol–water partition coefficient (Wildman–Crippen LogP) is 2.09. The number of sulfonamides is 1. The maximum atomic E-state index is 12.7. The Morgan fingerprint density at radius 1 is 1.14 bits per heavy atom. The maximum Gasteiger partial charge on any atom is 0.339 e. The Morgan fingerprint density at radius 2 is 1.79 bits per heavy atom. The monoisotopic (exact) mass is 480 g/mol. The van der Waals surface area contributed by atoms with Crippen molar-refractivity contribution in [2.45, 2.75) is 11.3 Å². The van der Waals surface area contributed by atoms with Crippen molar-refractivity contribution in [1.82, 2.24) is 4.72 Å². The van der Waals surface area contributed by atoms with Gasteiger partial charge >= 0.3 is 5.97 Å². The number of rotatable bonds is 5. The average Bonchev–Trinajstić information content (AvgIpc) is 3.08. The summed E-state index contributed by atoms with van der Waals surface area (Å²) in [5.41, 5.74) is 0.398. The lowest BCUT2D eigenvalue weighted by atomic mass is 10.1. The quantitative estimate of drug-likeness (QED) is 0.518. The van der Waals surface area contributed by atoms with Gasteiger partial charge in [0, 0.05) is 11.0 Å². The standard InChI is InChI=1S/C19H17BrN2O6S/c1-28-19(25)12-6-2-5-9-16(12)29(26,27)21-17(23)13-10-11-22(18(13)24)15-8-4-3-7-14(15)20/h2-9,13H,10-11H2,1H3,(H,21,23)/t13-/m0/s1. The second-order valence-corrected chi connectivity index (χ2v) is 8.75. The minimum absolute atomic E-state index is 0.167. The molecule has 1 heterocycles. The first-order valence-corrected chi connectivity index (χ1v) is 10.8. The van der Waals surface area contributed by atoms with E-state index in [-0.39, 0.29) is 18.5 Å². The number of benzene rings is 2. The van der Waals surface area contributed by atoms with Gasteiger partial charge in [0.1, 0.15) is 10.8 Å². The van der Waals surface area contributed by atoms with Crippen molar-refractivity contribution >= 4 is 49.4 Å². The molecule has 0 unspecified atom stereocenters. The van der Waals surface area contributed by atoms with E-state index in [4.69, 9.17) is 0 Å². The van der Waals surface area contributed by atoms with Crippen LogP contribution in [0.15, 0.2) is 57.9 Å². The summed E-state index contributed by atoms with van der Waals surface area (Å²) >= 11 is 3.36. The molecule has 1 aliphatic heterocycles. The van der Waals surface area contributed by atoms with Gasteiger partial charge in [0.25, 0.3) is 10.0 Å². The fraction of sp³-hybridized carbons (Fsp3) is 0.211. The molecule has 10 heteroatoms.